The van der Waals surface area contributed by atoms with Crippen LogP contribution < -0.4 is 0 Å². The van der Waals surface area contributed by atoms with Gasteiger partial charge in [0, 0.05) is 10.0 Å². The molecule has 1 rings (SSSR count). The summed E-state index contributed by atoms with van der Waals surface area (Å²) < 4.78 is 13.4. The van der Waals surface area contributed by atoms with Crippen molar-refractivity contribution in [2.24, 2.45) is 0 Å². The molecule has 0 fully saturated rings. The molecule has 0 atom stereocenters. The molecule has 0 aliphatic carbocycles. The Kier molecular flexibility index (Phi) is 3.10. The lowest BCUT2D eigenvalue weighted by Crippen LogP contribution is -2.03. The fourth-order valence-electron chi connectivity index (χ4n) is 1.12. The number of phenolic OH excluding ortho intramolecular Hbond substituents is 1. The molecule has 5 heteroatoms. The molecule has 1 aromatic rings. The molecule has 0 bridgehead atoms. The van der Waals surface area contributed by atoms with E-state index in [1.165, 1.54) is 0 Å². The predicted molar refractivity (Wildman–Crippen MR) is 51.8 cm³/mol. The van der Waals surface area contributed by atoms with E-state index in [2.05, 4.69) is 15.9 Å². The maximum Gasteiger partial charge on any atom is 0.307 e. The van der Waals surface area contributed by atoms with Gasteiger partial charge in [-0.25, -0.2) is 4.39 Å². The van der Waals surface area contributed by atoms with E-state index in [0.717, 1.165) is 6.07 Å². The van der Waals surface area contributed by atoms with E-state index in [1.807, 2.05) is 0 Å². The Labute approximate surface area is 88.3 Å². The molecule has 0 unspecified atom stereocenters. The Morgan fingerprint density at radius 1 is 1.64 bits per heavy atom. The van der Waals surface area contributed by atoms with Crippen molar-refractivity contribution in [1.82, 2.24) is 0 Å². The highest BCUT2D eigenvalue weighted by Gasteiger charge is 2.15. The van der Waals surface area contributed by atoms with Gasteiger partial charge in [-0.05, 0) is 18.6 Å². The first-order chi connectivity index (χ1) is 6.43. The summed E-state index contributed by atoms with van der Waals surface area (Å²) in [5.41, 5.74) is 0.635. The molecule has 3 nitrogen and oxygen atoms in total. The van der Waals surface area contributed by atoms with Crippen LogP contribution in [0.1, 0.15) is 11.1 Å². The maximum absolute atomic E-state index is 13.0. The van der Waals surface area contributed by atoms with E-state index in [9.17, 15) is 14.3 Å². The number of carboxylic acids is 1. The van der Waals surface area contributed by atoms with Gasteiger partial charge in [-0.3, -0.25) is 4.79 Å². The van der Waals surface area contributed by atoms with Crippen LogP contribution in [0.4, 0.5) is 4.39 Å². The predicted octanol–water partition coefficient (Wildman–Crippen LogP) is 2.23. The van der Waals surface area contributed by atoms with Crippen LogP contribution in [0.3, 0.4) is 0 Å². The van der Waals surface area contributed by atoms with Gasteiger partial charge in [0.2, 0.25) is 0 Å². The van der Waals surface area contributed by atoms with E-state index in [1.54, 1.807) is 6.92 Å². The fourth-order valence-corrected chi connectivity index (χ4v) is 1.56. The van der Waals surface area contributed by atoms with Crippen LogP contribution in [-0.2, 0) is 11.2 Å². The van der Waals surface area contributed by atoms with Crippen LogP contribution in [0.2, 0.25) is 0 Å². The zero-order valence-electron chi connectivity index (χ0n) is 7.34. The van der Waals surface area contributed by atoms with Crippen molar-refractivity contribution in [3.05, 3.63) is 27.5 Å². The van der Waals surface area contributed by atoms with Crippen molar-refractivity contribution in [2.75, 3.05) is 0 Å². The molecular weight excluding hydrogens is 255 g/mol. The van der Waals surface area contributed by atoms with Crippen molar-refractivity contribution >= 4 is 21.9 Å². The second-order valence-electron chi connectivity index (χ2n) is 2.86. The number of carbonyl (C=O) groups is 1. The monoisotopic (exact) mass is 262 g/mol. The number of benzene rings is 1. The summed E-state index contributed by atoms with van der Waals surface area (Å²) in [7, 11) is 0. The van der Waals surface area contributed by atoms with Gasteiger partial charge < -0.3 is 10.2 Å². The first kappa shape index (κ1) is 11.0. The van der Waals surface area contributed by atoms with E-state index < -0.39 is 24.0 Å². The summed E-state index contributed by atoms with van der Waals surface area (Å²) in [6.07, 6.45) is -0.395. The fraction of sp³-hybridized carbons (Fsp3) is 0.222. The summed E-state index contributed by atoms with van der Waals surface area (Å²) >= 11 is 3.08. The third-order valence-corrected chi connectivity index (χ3v) is 2.73. The molecule has 0 spiro atoms. The molecule has 0 heterocycles. The second kappa shape index (κ2) is 3.96. The highest BCUT2D eigenvalue weighted by Crippen LogP contribution is 2.30. The quantitative estimate of drug-likeness (QED) is 0.860. The van der Waals surface area contributed by atoms with Crippen LogP contribution in [-0.4, -0.2) is 16.2 Å². The summed E-state index contributed by atoms with van der Waals surface area (Å²) in [4.78, 5) is 10.4. The van der Waals surface area contributed by atoms with Gasteiger partial charge in [0.05, 0.1) is 6.42 Å². The lowest BCUT2D eigenvalue weighted by molar-refractivity contribution is -0.136. The molecule has 0 saturated carbocycles. The van der Waals surface area contributed by atoms with E-state index in [0.29, 0.717) is 10.0 Å². The van der Waals surface area contributed by atoms with E-state index in [4.69, 9.17) is 5.11 Å². The molecule has 0 aromatic heterocycles. The SMILES string of the molecule is Cc1c(Br)cc(F)c(O)c1CC(=O)O. The average Bonchev–Trinajstić information content (AvgIpc) is 2.09. The lowest BCUT2D eigenvalue weighted by Gasteiger charge is -2.08. The minimum atomic E-state index is -1.11. The molecule has 0 radical (unpaired) electrons. The standard InChI is InChI=1S/C9H8BrFO3/c1-4-5(2-8(12)13)9(14)7(11)3-6(4)10/h3,14H,2H2,1H3,(H,12,13). The molecule has 76 valence electrons. The van der Waals surface area contributed by atoms with Gasteiger partial charge in [0.15, 0.2) is 11.6 Å². The number of hydrogen-bond donors (Lipinski definition) is 2. The minimum absolute atomic E-state index is 0.101. The molecule has 0 aliphatic rings. The van der Waals surface area contributed by atoms with Crippen molar-refractivity contribution in [2.45, 2.75) is 13.3 Å². The highest BCUT2D eigenvalue weighted by molar-refractivity contribution is 9.10. The number of aliphatic carboxylic acids is 1. The number of hydrogen-bond acceptors (Lipinski definition) is 2. The number of halogens is 2. The van der Waals surface area contributed by atoms with Gasteiger partial charge in [0.1, 0.15) is 0 Å². The zero-order chi connectivity index (χ0) is 10.9. The van der Waals surface area contributed by atoms with Gasteiger partial charge in [0.25, 0.3) is 0 Å². The highest BCUT2D eigenvalue weighted by atomic mass is 79.9. The van der Waals surface area contributed by atoms with Crippen LogP contribution in [0.5, 0.6) is 5.75 Å². The number of rotatable bonds is 2. The Morgan fingerprint density at radius 3 is 2.71 bits per heavy atom. The smallest absolute Gasteiger partial charge is 0.307 e. The maximum atomic E-state index is 13.0. The first-order valence-electron chi connectivity index (χ1n) is 3.81. The van der Waals surface area contributed by atoms with Gasteiger partial charge >= 0.3 is 5.97 Å². The lowest BCUT2D eigenvalue weighted by atomic mass is 10.0. The van der Waals surface area contributed by atoms with Crippen molar-refractivity contribution in [3.63, 3.8) is 0 Å². The summed E-state index contributed by atoms with van der Waals surface area (Å²) in [6.45, 7) is 1.61. The average molecular weight is 263 g/mol. The Balaban J connectivity index is 3.31. The zero-order valence-corrected chi connectivity index (χ0v) is 8.93. The van der Waals surface area contributed by atoms with Crippen LogP contribution in [0.15, 0.2) is 10.5 Å². The Hall–Kier alpha value is -1.10. The summed E-state index contributed by atoms with van der Waals surface area (Å²) in [5.74, 6) is -2.52. The third-order valence-electron chi connectivity index (χ3n) is 1.90. The van der Waals surface area contributed by atoms with Crippen molar-refractivity contribution in [3.8, 4) is 5.75 Å². The summed E-state index contributed by atoms with van der Waals surface area (Å²) in [6, 6.07) is 1.11. The van der Waals surface area contributed by atoms with Gasteiger partial charge in [-0.2, -0.15) is 0 Å². The molecular formula is C9H8BrFO3. The molecule has 1 aromatic carbocycles. The molecule has 0 aliphatic heterocycles. The second-order valence-corrected chi connectivity index (χ2v) is 3.72. The number of aromatic hydroxyl groups is 1. The Morgan fingerprint density at radius 2 is 2.21 bits per heavy atom. The topological polar surface area (TPSA) is 57.5 Å². The molecule has 14 heavy (non-hydrogen) atoms. The van der Waals surface area contributed by atoms with Crippen LogP contribution in [0, 0.1) is 12.7 Å². The van der Waals surface area contributed by atoms with Crippen molar-refractivity contribution < 1.29 is 19.4 Å². The van der Waals surface area contributed by atoms with Crippen molar-refractivity contribution in [1.29, 1.82) is 0 Å². The largest absolute Gasteiger partial charge is 0.505 e. The Bertz CT molecular complexity index is 364. The van der Waals surface area contributed by atoms with Crippen LogP contribution >= 0.6 is 15.9 Å². The number of phenols is 1. The molecule has 0 amide bonds. The normalized spacial score (nSPS) is 10.2. The van der Waals surface area contributed by atoms with Gasteiger partial charge in [-0.15, -0.1) is 0 Å². The number of carboxylic acid groups (broad SMARTS) is 1. The molecule has 0 saturated heterocycles. The third kappa shape index (κ3) is 2.04. The van der Waals surface area contributed by atoms with E-state index >= 15 is 0 Å². The van der Waals surface area contributed by atoms with Crippen LogP contribution in [0.25, 0.3) is 0 Å². The summed E-state index contributed by atoms with van der Waals surface area (Å²) in [5, 5.41) is 17.8. The minimum Gasteiger partial charge on any atom is -0.505 e. The van der Waals surface area contributed by atoms with E-state index in [-0.39, 0.29) is 5.56 Å². The first-order valence-corrected chi connectivity index (χ1v) is 4.61. The van der Waals surface area contributed by atoms with Gasteiger partial charge in [-0.1, -0.05) is 15.9 Å². The molecule has 2 N–H and O–H groups in total.